The largest absolute Gasteiger partial charge is 0.497 e. The van der Waals surface area contributed by atoms with Crippen molar-refractivity contribution < 1.29 is 32.3 Å². The number of anilines is 1. The molecule has 3 N–H and O–H groups in total. The van der Waals surface area contributed by atoms with Gasteiger partial charge in [-0.05, 0) is 57.2 Å². The van der Waals surface area contributed by atoms with E-state index in [4.69, 9.17) is 9.47 Å². The molecular formula is C21H25N3O7S. The van der Waals surface area contributed by atoms with E-state index in [1.807, 2.05) is 5.32 Å². The van der Waals surface area contributed by atoms with Crippen LogP contribution in [0.2, 0.25) is 0 Å². The number of benzene rings is 2. The second-order valence-electron chi connectivity index (χ2n) is 7.66. The summed E-state index contributed by atoms with van der Waals surface area (Å²) in [7, 11) is -2.55. The maximum absolute atomic E-state index is 12.7. The summed E-state index contributed by atoms with van der Waals surface area (Å²) in [6.07, 6.45) is 0. The molecule has 0 saturated heterocycles. The van der Waals surface area contributed by atoms with Crippen LogP contribution in [-0.4, -0.2) is 45.6 Å². The maximum Gasteiger partial charge on any atom is 0.340 e. The fourth-order valence-electron chi connectivity index (χ4n) is 2.45. The van der Waals surface area contributed by atoms with E-state index in [0.29, 0.717) is 5.75 Å². The number of sulfonamides is 1. The molecule has 2 rings (SSSR count). The van der Waals surface area contributed by atoms with E-state index in [9.17, 15) is 22.8 Å². The van der Waals surface area contributed by atoms with Gasteiger partial charge in [0.15, 0.2) is 6.61 Å². The number of esters is 1. The van der Waals surface area contributed by atoms with E-state index in [1.165, 1.54) is 55.6 Å². The van der Waals surface area contributed by atoms with Crippen molar-refractivity contribution >= 4 is 33.6 Å². The molecule has 0 unspecified atom stereocenters. The van der Waals surface area contributed by atoms with E-state index in [0.717, 1.165) is 0 Å². The third-order valence-electron chi connectivity index (χ3n) is 3.84. The maximum atomic E-state index is 12.7. The van der Waals surface area contributed by atoms with Crippen LogP contribution in [0, 0.1) is 0 Å². The topological polar surface area (TPSA) is 140 Å². The Morgan fingerprint density at radius 1 is 0.969 bits per heavy atom. The molecule has 0 aliphatic rings. The van der Waals surface area contributed by atoms with Crippen LogP contribution in [0.5, 0.6) is 5.75 Å². The summed E-state index contributed by atoms with van der Waals surface area (Å²) in [6, 6.07) is 10.7. The number of ether oxygens (including phenoxy) is 2. The van der Waals surface area contributed by atoms with Gasteiger partial charge in [0.1, 0.15) is 5.75 Å². The summed E-state index contributed by atoms with van der Waals surface area (Å²) in [5, 5.41) is 4.57. The molecule has 2 aromatic carbocycles. The molecular weight excluding hydrogens is 438 g/mol. The van der Waals surface area contributed by atoms with Gasteiger partial charge in [-0.1, -0.05) is 12.1 Å². The van der Waals surface area contributed by atoms with Crippen molar-refractivity contribution in [1.29, 1.82) is 0 Å². The lowest BCUT2D eigenvalue weighted by atomic mass is 10.1. The van der Waals surface area contributed by atoms with Gasteiger partial charge >= 0.3 is 12.0 Å². The molecule has 2 aromatic rings. The number of para-hydroxylation sites is 1. The fourth-order valence-corrected chi connectivity index (χ4v) is 3.53. The van der Waals surface area contributed by atoms with Crippen LogP contribution in [0.4, 0.5) is 10.5 Å². The van der Waals surface area contributed by atoms with Crippen LogP contribution in [0.3, 0.4) is 0 Å². The lowest BCUT2D eigenvalue weighted by molar-refractivity contribution is -0.123. The molecule has 11 heteroatoms. The lowest BCUT2D eigenvalue weighted by Gasteiger charge is -2.20. The molecule has 3 amide bonds. The summed E-state index contributed by atoms with van der Waals surface area (Å²) < 4.78 is 37.6. The number of methoxy groups -OCH3 is 1. The zero-order valence-electron chi connectivity index (χ0n) is 18.1. The molecule has 0 aliphatic carbocycles. The second kappa shape index (κ2) is 10.1. The first-order chi connectivity index (χ1) is 14.9. The Morgan fingerprint density at radius 2 is 1.59 bits per heavy atom. The number of carbonyl (C=O) groups is 3. The smallest absolute Gasteiger partial charge is 0.340 e. The molecule has 32 heavy (non-hydrogen) atoms. The lowest BCUT2D eigenvalue weighted by Crippen LogP contribution is -2.49. The van der Waals surface area contributed by atoms with Crippen molar-refractivity contribution in [3.05, 3.63) is 54.1 Å². The first kappa shape index (κ1) is 24.7. The van der Waals surface area contributed by atoms with E-state index < -0.39 is 40.1 Å². The van der Waals surface area contributed by atoms with Crippen molar-refractivity contribution in [3.8, 4) is 5.75 Å². The van der Waals surface area contributed by atoms with Crippen molar-refractivity contribution in [2.45, 2.75) is 31.2 Å². The Labute approximate surface area is 186 Å². The fraction of sp³-hybridized carbons (Fsp3) is 0.286. The van der Waals surface area contributed by atoms with Crippen molar-refractivity contribution in [1.82, 2.24) is 10.6 Å². The minimum absolute atomic E-state index is 0.0285. The molecule has 0 bridgehead atoms. The van der Waals surface area contributed by atoms with Gasteiger partial charge in [-0.2, -0.15) is 0 Å². The van der Waals surface area contributed by atoms with Crippen LogP contribution in [0.15, 0.2) is 53.4 Å². The molecule has 10 nitrogen and oxygen atoms in total. The zero-order valence-corrected chi connectivity index (χ0v) is 18.9. The van der Waals surface area contributed by atoms with Gasteiger partial charge in [-0.15, -0.1) is 0 Å². The average Bonchev–Trinajstić information content (AvgIpc) is 2.70. The van der Waals surface area contributed by atoms with Crippen LogP contribution >= 0.6 is 0 Å². The van der Waals surface area contributed by atoms with Crippen molar-refractivity contribution in [2.24, 2.45) is 0 Å². The Hall–Kier alpha value is -3.60. The molecule has 0 fully saturated rings. The van der Waals surface area contributed by atoms with E-state index in [2.05, 4.69) is 10.0 Å². The number of carbonyl (C=O) groups excluding carboxylic acids is 3. The van der Waals surface area contributed by atoms with Crippen molar-refractivity contribution in [3.63, 3.8) is 0 Å². The van der Waals surface area contributed by atoms with Gasteiger partial charge in [0.05, 0.1) is 23.3 Å². The third kappa shape index (κ3) is 7.27. The Kier molecular flexibility index (Phi) is 7.82. The quantitative estimate of drug-likeness (QED) is 0.535. The predicted molar refractivity (Wildman–Crippen MR) is 117 cm³/mol. The first-order valence-electron chi connectivity index (χ1n) is 9.46. The molecule has 0 aliphatic heterocycles. The number of hydrogen-bond acceptors (Lipinski definition) is 7. The molecule has 172 valence electrons. The molecule has 0 radical (unpaired) electrons. The van der Waals surface area contributed by atoms with Gasteiger partial charge in [-0.3, -0.25) is 14.8 Å². The van der Waals surface area contributed by atoms with Gasteiger partial charge in [0, 0.05) is 5.54 Å². The normalized spacial score (nSPS) is 11.2. The average molecular weight is 464 g/mol. The Bertz CT molecular complexity index is 1090. The van der Waals surface area contributed by atoms with Crippen LogP contribution in [-0.2, 0) is 19.6 Å². The highest BCUT2D eigenvalue weighted by Crippen LogP contribution is 2.22. The van der Waals surface area contributed by atoms with Gasteiger partial charge in [-0.25, -0.2) is 18.0 Å². The zero-order chi connectivity index (χ0) is 23.9. The molecule has 0 spiro atoms. The number of amides is 3. The van der Waals surface area contributed by atoms with Crippen LogP contribution in [0.1, 0.15) is 31.1 Å². The van der Waals surface area contributed by atoms with E-state index in [-0.39, 0.29) is 16.1 Å². The van der Waals surface area contributed by atoms with Crippen LogP contribution < -0.4 is 20.1 Å². The highest BCUT2D eigenvalue weighted by Gasteiger charge is 2.21. The first-order valence-corrected chi connectivity index (χ1v) is 10.9. The summed E-state index contributed by atoms with van der Waals surface area (Å²) in [5.74, 6) is -1.29. The van der Waals surface area contributed by atoms with Gasteiger partial charge in [0.2, 0.25) is 0 Å². The van der Waals surface area contributed by atoms with E-state index >= 15 is 0 Å². The highest BCUT2D eigenvalue weighted by molar-refractivity contribution is 7.92. The monoisotopic (exact) mass is 463 g/mol. The Morgan fingerprint density at radius 3 is 2.19 bits per heavy atom. The molecule has 0 heterocycles. The summed E-state index contributed by atoms with van der Waals surface area (Å²) in [5.41, 5.74) is -0.683. The minimum atomic E-state index is -4.00. The summed E-state index contributed by atoms with van der Waals surface area (Å²) >= 11 is 0. The molecule has 0 aromatic heterocycles. The predicted octanol–water partition coefficient (Wildman–Crippen LogP) is 2.28. The number of nitrogens with one attached hydrogen (secondary N) is 3. The molecule has 0 saturated carbocycles. The number of hydrogen-bond donors (Lipinski definition) is 3. The van der Waals surface area contributed by atoms with Gasteiger partial charge in [0.25, 0.3) is 15.9 Å². The van der Waals surface area contributed by atoms with E-state index in [1.54, 1.807) is 20.8 Å². The third-order valence-corrected chi connectivity index (χ3v) is 5.22. The highest BCUT2D eigenvalue weighted by atomic mass is 32.2. The SMILES string of the molecule is COc1ccc(S(=O)(=O)Nc2ccccc2C(=O)OCC(=O)NC(=O)NC(C)(C)C)cc1. The summed E-state index contributed by atoms with van der Waals surface area (Å²) in [6.45, 7) is 4.49. The number of imide groups is 1. The standard InChI is InChI=1S/C21H25N3O7S/c1-21(2,3)23-20(27)22-18(25)13-31-19(26)16-7-5-6-8-17(16)24-32(28,29)15-11-9-14(30-4)10-12-15/h5-12,24H,13H2,1-4H3,(H2,22,23,25,27). The summed E-state index contributed by atoms with van der Waals surface area (Å²) in [4.78, 5) is 36.0. The van der Waals surface area contributed by atoms with Crippen molar-refractivity contribution in [2.75, 3.05) is 18.4 Å². The Balaban J connectivity index is 2.06. The van der Waals surface area contributed by atoms with Crippen LogP contribution in [0.25, 0.3) is 0 Å². The minimum Gasteiger partial charge on any atom is -0.497 e. The second-order valence-corrected chi connectivity index (χ2v) is 9.34. The molecule has 0 atom stereocenters. The van der Waals surface area contributed by atoms with Gasteiger partial charge < -0.3 is 14.8 Å². The number of rotatable bonds is 7. The number of urea groups is 1.